The Morgan fingerprint density at radius 3 is 2.93 bits per heavy atom. The van der Waals surface area contributed by atoms with Gasteiger partial charge in [-0.05, 0) is 19.3 Å². The van der Waals surface area contributed by atoms with E-state index >= 15 is 0 Å². The van der Waals surface area contributed by atoms with Gasteiger partial charge in [-0.3, -0.25) is 0 Å². The first-order chi connectivity index (χ1) is 6.66. The fourth-order valence-corrected chi connectivity index (χ4v) is 1.71. The summed E-state index contributed by atoms with van der Waals surface area (Å²) in [4.78, 5) is 15.7. The van der Waals surface area contributed by atoms with Crippen molar-refractivity contribution in [3.63, 3.8) is 0 Å². The van der Waals surface area contributed by atoms with Gasteiger partial charge < -0.3 is 15.3 Å². The average Bonchev–Trinajstić information content (AvgIpc) is 2.91. The van der Waals surface area contributed by atoms with Gasteiger partial charge >= 0.3 is 5.97 Å². The molecule has 0 aromatic rings. The number of carbonyl (C=O) groups excluding carboxylic acids is 1. The topological polar surface area (TPSA) is 76.9 Å². The number of nitrogens with two attached hydrogens (primary N) is 1. The van der Waals surface area contributed by atoms with Crippen LogP contribution in [0, 0.1) is 0 Å². The van der Waals surface area contributed by atoms with E-state index in [1.807, 2.05) is 0 Å². The van der Waals surface area contributed by atoms with Crippen molar-refractivity contribution in [2.75, 3.05) is 0 Å². The van der Waals surface area contributed by atoms with Gasteiger partial charge in [0.2, 0.25) is 0 Å². The molecule has 0 amide bonds. The van der Waals surface area contributed by atoms with Crippen LogP contribution >= 0.6 is 0 Å². The molecule has 2 rings (SSSR count). The second-order valence-electron chi connectivity index (χ2n) is 3.76. The van der Waals surface area contributed by atoms with Crippen LogP contribution in [-0.4, -0.2) is 24.2 Å². The van der Waals surface area contributed by atoms with E-state index < -0.39 is 5.97 Å². The van der Waals surface area contributed by atoms with E-state index in [-0.39, 0.29) is 11.7 Å². The molecule has 5 nitrogen and oxygen atoms in total. The summed E-state index contributed by atoms with van der Waals surface area (Å²) in [6, 6.07) is 0.182. The van der Waals surface area contributed by atoms with Gasteiger partial charge in [0.05, 0.1) is 12.2 Å². The van der Waals surface area contributed by atoms with E-state index in [9.17, 15) is 4.79 Å². The standard InChI is InChI=1S/C9H14N2O3/c1-5(10)9(12)14-11-6-2-3-7-8(4-6)13-7/h6-8,11H,1-4,10H2. The van der Waals surface area contributed by atoms with E-state index in [4.69, 9.17) is 15.3 Å². The lowest BCUT2D eigenvalue weighted by molar-refractivity contribution is -0.148. The Morgan fingerprint density at radius 2 is 2.29 bits per heavy atom. The minimum Gasteiger partial charge on any atom is -0.393 e. The molecule has 0 aromatic carbocycles. The van der Waals surface area contributed by atoms with Crippen molar-refractivity contribution in [2.24, 2.45) is 5.73 Å². The minimum atomic E-state index is -0.608. The van der Waals surface area contributed by atoms with Crippen molar-refractivity contribution < 1.29 is 14.4 Å². The molecular weight excluding hydrogens is 184 g/mol. The number of hydrogen-bond donors (Lipinski definition) is 2. The molecule has 1 saturated carbocycles. The molecule has 3 atom stereocenters. The van der Waals surface area contributed by atoms with E-state index in [0.717, 1.165) is 19.3 Å². The number of rotatable bonds is 3. The molecule has 2 aliphatic rings. The lowest BCUT2D eigenvalue weighted by atomic mass is 9.96. The van der Waals surface area contributed by atoms with Crippen molar-refractivity contribution >= 4 is 5.97 Å². The number of hydrogen-bond acceptors (Lipinski definition) is 5. The molecule has 78 valence electrons. The third-order valence-electron chi connectivity index (χ3n) is 2.58. The smallest absolute Gasteiger partial charge is 0.372 e. The van der Waals surface area contributed by atoms with Crippen LogP contribution in [0.15, 0.2) is 12.3 Å². The first-order valence-electron chi connectivity index (χ1n) is 4.73. The van der Waals surface area contributed by atoms with Crippen molar-refractivity contribution in [1.29, 1.82) is 0 Å². The van der Waals surface area contributed by atoms with Gasteiger partial charge in [-0.25, -0.2) is 4.79 Å². The summed E-state index contributed by atoms with van der Waals surface area (Å²) < 4.78 is 5.34. The van der Waals surface area contributed by atoms with Crippen LogP contribution in [0.25, 0.3) is 0 Å². The highest BCUT2D eigenvalue weighted by atomic mass is 16.7. The number of ether oxygens (including phenoxy) is 1. The number of carbonyl (C=O) groups is 1. The Labute approximate surface area is 82.2 Å². The normalized spacial score (nSPS) is 34.4. The highest BCUT2D eigenvalue weighted by molar-refractivity contribution is 5.86. The second-order valence-corrected chi connectivity index (χ2v) is 3.76. The lowest BCUT2D eigenvalue weighted by Gasteiger charge is -2.19. The Hall–Kier alpha value is -1.07. The highest BCUT2D eigenvalue weighted by Crippen LogP contribution is 2.36. The number of epoxide rings is 1. The molecule has 1 aliphatic carbocycles. The molecule has 2 fully saturated rings. The Kier molecular flexibility index (Phi) is 2.43. The Bertz CT molecular complexity index is 267. The van der Waals surface area contributed by atoms with Crippen LogP contribution in [0.1, 0.15) is 19.3 Å². The number of nitrogens with one attached hydrogen (secondary N) is 1. The van der Waals surface area contributed by atoms with Crippen molar-refractivity contribution in [2.45, 2.75) is 37.5 Å². The van der Waals surface area contributed by atoms with E-state index in [2.05, 4.69) is 12.1 Å². The zero-order valence-electron chi connectivity index (χ0n) is 7.86. The molecule has 14 heavy (non-hydrogen) atoms. The summed E-state index contributed by atoms with van der Waals surface area (Å²) in [7, 11) is 0. The molecule has 0 aromatic heterocycles. The zero-order chi connectivity index (χ0) is 10.1. The maximum absolute atomic E-state index is 10.9. The van der Waals surface area contributed by atoms with Gasteiger partial charge in [-0.1, -0.05) is 6.58 Å². The van der Waals surface area contributed by atoms with Gasteiger partial charge in [0.25, 0.3) is 0 Å². The first kappa shape index (κ1) is 9.48. The van der Waals surface area contributed by atoms with Gasteiger partial charge in [0, 0.05) is 6.04 Å². The monoisotopic (exact) mass is 198 g/mol. The maximum atomic E-state index is 10.9. The predicted octanol–water partition coefficient (Wildman–Crippen LogP) is -0.174. The fourth-order valence-electron chi connectivity index (χ4n) is 1.71. The Morgan fingerprint density at radius 1 is 1.50 bits per heavy atom. The molecule has 0 bridgehead atoms. The molecule has 1 saturated heterocycles. The van der Waals surface area contributed by atoms with Crippen LogP contribution in [-0.2, 0) is 14.4 Å². The molecule has 5 heteroatoms. The van der Waals surface area contributed by atoms with Crippen LogP contribution < -0.4 is 11.2 Å². The number of fused-ring (bicyclic) bond motifs is 1. The molecule has 0 radical (unpaired) electrons. The third-order valence-corrected chi connectivity index (χ3v) is 2.58. The largest absolute Gasteiger partial charge is 0.393 e. The minimum absolute atomic E-state index is 0.0890. The van der Waals surface area contributed by atoms with E-state index in [1.165, 1.54) is 0 Å². The highest BCUT2D eigenvalue weighted by Gasteiger charge is 2.44. The van der Waals surface area contributed by atoms with Crippen LogP contribution in [0.3, 0.4) is 0 Å². The summed E-state index contributed by atoms with van der Waals surface area (Å²) in [6.45, 7) is 3.28. The maximum Gasteiger partial charge on any atom is 0.372 e. The fraction of sp³-hybridized carbons (Fsp3) is 0.667. The first-order valence-corrected chi connectivity index (χ1v) is 4.73. The summed E-state index contributed by atoms with van der Waals surface area (Å²) in [5, 5.41) is 0. The molecule has 1 aliphatic heterocycles. The summed E-state index contributed by atoms with van der Waals surface area (Å²) >= 11 is 0. The van der Waals surface area contributed by atoms with E-state index in [1.54, 1.807) is 0 Å². The molecular formula is C9H14N2O3. The second kappa shape index (κ2) is 3.59. The van der Waals surface area contributed by atoms with Crippen molar-refractivity contribution in [1.82, 2.24) is 5.48 Å². The van der Waals surface area contributed by atoms with Gasteiger partial charge in [-0.15, -0.1) is 5.48 Å². The molecule has 3 unspecified atom stereocenters. The van der Waals surface area contributed by atoms with Crippen molar-refractivity contribution in [3.8, 4) is 0 Å². The third kappa shape index (κ3) is 2.05. The molecule has 1 heterocycles. The average molecular weight is 198 g/mol. The van der Waals surface area contributed by atoms with Gasteiger partial charge in [0.1, 0.15) is 5.70 Å². The summed E-state index contributed by atoms with van der Waals surface area (Å²) in [5.41, 5.74) is 7.75. The summed E-state index contributed by atoms with van der Waals surface area (Å²) in [5.74, 6) is -0.608. The lowest BCUT2D eigenvalue weighted by Crippen LogP contribution is -2.36. The number of hydroxylamine groups is 1. The quantitative estimate of drug-likeness (QED) is 0.374. The summed E-state index contributed by atoms with van der Waals surface area (Å²) in [6.07, 6.45) is 3.71. The molecule has 0 spiro atoms. The van der Waals surface area contributed by atoms with Crippen molar-refractivity contribution in [3.05, 3.63) is 12.3 Å². The SMILES string of the molecule is C=C(N)C(=O)ONC1CCC2OC2C1. The van der Waals surface area contributed by atoms with Gasteiger partial charge in [0.15, 0.2) is 0 Å². The zero-order valence-corrected chi connectivity index (χ0v) is 7.86. The van der Waals surface area contributed by atoms with Crippen LogP contribution in [0.5, 0.6) is 0 Å². The molecule has 3 N–H and O–H groups in total. The Balaban J connectivity index is 1.70. The van der Waals surface area contributed by atoms with Crippen LogP contribution in [0.4, 0.5) is 0 Å². The van der Waals surface area contributed by atoms with Crippen LogP contribution in [0.2, 0.25) is 0 Å². The van der Waals surface area contributed by atoms with E-state index in [0.29, 0.717) is 12.2 Å². The predicted molar refractivity (Wildman–Crippen MR) is 48.9 cm³/mol. The van der Waals surface area contributed by atoms with Gasteiger partial charge in [-0.2, -0.15) is 0 Å².